The smallest absolute Gasteiger partial charge is 0.260 e. The molecule has 0 bridgehead atoms. The molecular formula is C12H14FNO3. The van der Waals surface area contributed by atoms with Gasteiger partial charge in [-0.1, -0.05) is 0 Å². The van der Waals surface area contributed by atoms with Gasteiger partial charge in [-0.3, -0.25) is 4.79 Å². The molecule has 0 aromatic heterocycles. The van der Waals surface area contributed by atoms with E-state index in [1.54, 1.807) is 4.90 Å². The number of hydrogen-bond acceptors (Lipinski definition) is 3. The summed E-state index contributed by atoms with van der Waals surface area (Å²) in [7, 11) is 0. The number of hydrogen-bond donors (Lipinski definition) is 1. The molecule has 0 atom stereocenters. The average Bonchev–Trinajstić information content (AvgIpc) is 2.81. The zero-order valence-electron chi connectivity index (χ0n) is 9.36. The molecule has 4 nitrogen and oxygen atoms in total. The molecule has 1 heterocycles. The molecule has 1 N–H and O–H groups in total. The van der Waals surface area contributed by atoms with E-state index < -0.39 is 5.82 Å². The van der Waals surface area contributed by atoms with Gasteiger partial charge >= 0.3 is 0 Å². The first-order chi connectivity index (χ1) is 8.16. The predicted molar refractivity (Wildman–Crippen MR) is 59.4 cm³/mol. The van der Waals surface area contributed by atoms with Crippen LogP contribution >= 0.6 is 0 Å². The highest BCUT2D eigenvalue weighted by Gasteiger charge is 2.18. The zero-order chi connectivity index (χ0) is 12.3. The molecule has 0 spiro atoms. The van der Waals surface area contributed by atoms with E-state index in [4.69, 9.17) is 4.74 Å². The molecular weight excluding hydrogens is 225 g/mol. The number of nitrogens with zero attached hydrogens (tertiary/aromatic N) is 1. The maximum Gasteiger partial charge on any atom is 0.260 e. The normalized spacial score (nSPS) is 15.0. The van der Waals surface area contributed by atoms with Gasteiger partial charge in [-0.15, -0.1) is 0 Å². The number of carbonyl (C=O) groups excluding carboxylic acids is 1. The third-order valence-corrected chi connectivity index (χ3v) is 2.73. The van der Waals surface area contributed by atoms with Gasteiger partial charge in [0.1, 0.15) is 5.82 Å². The standard InChI is InChI=1S/C12H14FNO3/c13-9-3-4-11(10(15)7-9)17-8-12(16)14-5-1-2-6-14/h3-4,7,15H,1-2,5-6,8H2. The first-order valence-electron chi connectivity index (χ1n) is 5.56. The first kappa shape index (κ1) is 11.7. The predicted octanol–water partition coefficient (Wildman–Crippen LogP) is 1.53. The second-order valence-electron chi connectivity index (χ2n) is 3.99. The topological polar surface area (TPSA) is 49.8 Å². The molecule has 1 aromatic rings. The van der Waals surface area contributed by atoms with E-state index in [0.717, 1.165) is 32.0 Å². The Bertz CT molecular complexity index is 416. The van der Waals surface area contributed by atoms with Crippen molar-refractivity contribution in [3.63, 3.8) is 0 Å². The fraction of sp³-hybridized carbons (Fsp3) is 0.417. The summed E-state index contributed by atoms with van der Waals surface area (Å²) < 4.78 is 17.9. The number of rotatable bonds is 3. The van der Waals surface area contributed by atoms with Crippen molar-refractivity contribution < 1.29 is 19.0 Å². The van der Waals surface area contributed by atoms with Crippen LogP contribution in [0.25, 0.3) is 0 Å². The largest absolute Gasteiger partial charge is 0.504 e. The quantitative estimate of drug-likeness (QED) is 0.870. The van der Waals surface area contributed by atoms with Gasteiger partial charge in [-0.2, -0.15) is 0 Å². The van der Waals surface area contributed by atoms with Crippen molar-refractivity contribution in [1.29, 1.82) is 0 Å². The fourth-order valence-corrected chi connectivity index (χ4v) is 1.81. The van der Waals surface area contributed by atoms with Gasteiger partial charge in [0, 0.05) is 19.2 Å². The molecule has 1 aliphatic rings. The number of halogens is 1. The van der Waals surface area contributed by atoms with Crippen LogP contribution in [0, 0.1) is 5.82 Å². The average molecular weight is 239 g/mol. The van der Waals surface area contributed by atoms with Crippen LogP contribution in [0.3, 0.4) is 0 Å². The number of carbonyl (C=O) groups is 1. The Hall–Kier alpha value is -1.78. The molecule has 5 heteroatoms. The highest BCUT2D eigenvalue weighted by atomic mass is 19.1. The molecule has 1 saturated heterocycles. The maximum atomic E-state index is 12.7. The van der Waals surface area contributed by atoms with Gasteiger partial charge < -0.3 is 14.7 Å². The van der Waals surface area contributed by atoms with E-state index in [2.05, 4.69) is 0 Å². The van der Waals surface area contributed by atoms with Crippen LogP contribution in [0.15, 0.2) is 18.2 Å². The van der Waals surface area contributed by atoms with E-state index >= 15 is 0 Å². The molecule has 1 amide bonds. The number of phenolic OH excluding ortho intramolecular Hbond substituents is 1. The summed E-state index contributed by atoms with van der Waals surface area (Å²) in [6.45, 7) is 1.40. The highest BCUT2D eigenvalue weighted by Crippen LogP contribution is 2.26. The van der Waals surface area contributed by atoms with Crippen molar-refractivity contribution in [2.45, 2.75) is 12.8 Å². The van der Waals surface area contributed by atoms with E-state index in [1.807, 2.05) is 0 Å². The molecule has 92 valence electrons. The van der Waals surface area contributed by atoms with Gasteiger partial charge in [-0.25, -0.2) is 4.39 Å². The SMILES string of the molecule is O=C(COc1ccc(F)cc1O)N1CCCC1. The molecule has 1 aromatic carbocycles. The van der Waals surface area contributed by atoms with E-state index in [9.17, 15) is 14.3 Å². The summed E-state index contributed by atoms with van der Waals surface area (Å²) in [5, 5.41) is 9.38. The van der Waals surface area contributed by atoms with E-state index in [0.29, 0.717) is 0 Å². The minimum absolute atomic E-state index is 0.105. The van der Waals surface area contributed by atoms with Crippen LogP contribution in [0.1, 0.15) is 12.8 Å². The monoisotopic (exact) mass is 239 g/mol. The minimum atomic E-state index is -0.541. The molecule has 1 aliphatic heterocycles. The Morgan fingerprint density at radius 3 is 2.76 bits per heavy atom. The lowest BCUT2D eigenvalue weighted by atomic mass is 10.3. The third kappa shape index (κ3) is 2.87. The zero-order valence-corrected chi connectivity index (χ0v) is 9.36. The van der Waals surface area contributed by atoms with Gasteiger partial charge in [0.2, 0.25) is 0 Å². The molecule has 0 saturated carbocycles. The number of likely N-dealkylation sites (tertiary alicyclic amines) is 1. The van der Waals surface area contributed by atoms with Crippen LogP contribution in [0.5, 0.6) is 11.5 Å². The number of benzene rings is 1. The number of aromatic hydroxyl groups is 1. The third-order valence-electron chi connectivity index (χ3n) is 2.73. The van der Waals surface area contributed by atoms with Crippen molar-refractivity contribution in [1.82, 2.24) is 4.90 Å². The van der Waals surface area contributed by atoms with Crippen molar-refractivity contribution >= 4 is 5.91 Å². The summed E-state index contributed by atoms with van der Waals surface area (Å²) in [6, 6.07) is 3.44. The van der Waals surface area contributed by atoms with Crippen molar-refractivity contribution in [2.75, 3.05) is 19.7 Å². The van der Waals surface area contributed by atoms with Gasteiger partial charge in [0.05, 0.1) is 0 Å². The van der Waals surface area contributed by atoms with Crippen LogP contribution in [0.4, 0.5) is 4.39 Å². The Morgan fingerprint density at radius 1 is 1.41 bits per heavy atom. The van der Waals surface area contributed by atoms with Crippen molar-refractivity contribution in [2.24, 2.45) is 0 Å². The summed E-state index contributed by atoms with van der Waals surface area (Å²) >= 11 is 0. The molecule has 0 unspecified atom stereocenters. The van der Waals surface area contributed by atoms with Gasteiger partial charge in [0.25, 0.3) is 5.91 Å². The Balaban J connectivity index is 1.90. The van der Waals surface area contributed by atoms with Crippen molar-refractivity contribution in [3.05, 3.63) is 24.0 Å². The van der Waals surface area contributed by atoms with Crippen LogP contribution in [0.2, 0.25) is 0 Å². The number of ether oxygens (including phenoxy) is 1. The second kappa shape index (κ2) is 5.03. The molecule has 1 fully saturated rings. The van der Waals surface area contributed by atoms with Gasteiger partial charge in [0.15, 0.2) is 18.1 Å². The van der Waals surface area contributed by atoms with Gasteiger partial charge in [-0.05, 0) is 25.0 Å². The summed E-state index contributed by atoms with van der Waals surface area (Å²) in [5.74, 6) is -0.815. The molecule has 2 rings (SSSR count). The molecule has 17 heavy (non-hydrogen) atoms. The van der Waals surface area contributed by atoms with E-state index in [-0.39, 0.29) is 24.0 Å². The lowest BCUT2D eigenvalue weighted by Gasteiger charge is -2.15. The van der Waals surface area contributed by atoms with Crippen LogP contribution in [-0.2, 0) is 4.79 Å². The van der Waals surface area contributed by atoms with Crippen molar-refractivity contribution in [3.8, 4) is 11.5 Å². The Labute approximate surface area is 98.6 Å². The number of amides is 1. The summed E-state index contributed by atoms with van der Waals surface area (Å²) in [5.41, 5.74) is 0. The minimum Gasteiger partial charge on any atom is -0.504 e. The lowest BCUT2D eigenvalue weighted by Crippen LogP contribution is -2.32. The maximum absolute atomic E-state index is 12.7. The summed E-state index contributed by atoms with van der Waals surface area (Å²) in [4.78, 5) is 13.4. The second-order valence-corrected chi connectivity index (χ2v) is 3.99. The number of phenols is 1. The lowest BCUT2D eigenvalue weighted by molar-refractivity contribution is -0.132. The first-order valence-corrected chi connectivity index (χ1v) is 5.56. The molecule has 0 aliphatic carbocycles. The summed E-state index contributed by atoms with van der Waals surface area (Å²) in [6.07, 6.45) is 2.04. The van der Waals surface area contributed by atoms with Crippen LogP contribution in [-0.4, -0.2) is 35.6 Å². The Kier molecular flexibility index (Phi) is 3.46. The van der Waals surface area contributed by atoms with Crippen LogP contribution < -0.4 is 4.74 Å². The molecule has 0 radical (unpaired) electrons. The fourth-order valence-electron chi connectivity index (χ4n) is 1.81. The highest BCUT2D eigenvalue weighted by molar-refractivity contribution is 5.78. The Morgan fingerprint density at radius 2 is 2.12 bits per heavy atom. The van der Waals surface area contributed by atoms with E-state index in [1.165, 1.54) is 12.1 Å².